The zero-order valence-electron chi connectivity index (χ0n) is 19.9. The number of anilines is 1. The lowest BCUT2D eigenvalue weighted by Crippen LogP contribution is -2.39. The number of carboxylic acid groups (broad SMARTS) is 1. The van der Waals surface area contributed by atoms with Crippen molar-refractivity contribution in [1.29, 1.82) is 0 Å². The molecule has 0 amide bonds. The van der Waals surface area contributed by atoms with Crippen LogP contribution in [0.5, 0.6) is 0 Å². The molecule has 3 aromatic rings. The third-order valence-electron chi connectivity index (χ3n) is 7.58. The predicted molar refractivity (Wildman–Crippen MR) is 139 cm³/mol. The minimum atomic E-state index is -1.06. The van der Waals surface area contributed by atoms with Gasteiger partial charge in [-0.3, -0.25) is 0 Å². The highest BCUT2D eigenvalue weighted by Crippen LogP contribution is 2.47. The van der Waals surface area contributed by atoms with Crippen LogP contribution in [0.2, 0.25) is 10.0 Å². The van der Waals surface area contributed by atoms with Crippen molar-refractivity contribution < 1.29 is 23.6 Å². The van der Waals surface area contributed by atoms with E-state index >= 15 is 0 Å². The number of halogens is 3. The highest BCUT2D eigenvalue weighted by atomic mass is 35.5. The summed E-state index contributed by atoms with van der Waals surface area (Å²) < 4.78 is 27.1. The normalized spacial score (nSPS) is 22.9. The van der Waals surface area contributed by atoms with E-state index in [4.69, 9.17) is 37.6 Å². The van der Waals surface area contributed by atoms with Gasteiger partial charge in [0.2, 0.25) is 0 Å². The zero-order chi connectivity index (χ0) is 25.7. The van der Waals surface area contributed by atoms with Gasteiger partial charge >= 0.3 is 5.97 Å². The summed E-state index contributed by atoms with van der Waals surface area (Å²) in [5, 5.41) is 14.2. The molecular weight excluding hydrogens is 518 g/mol. The van der Waals surface area contributed by atoms with Gasteiger partial charge in [-0.25, -0.2) is 9.18 Å². The van der Waals surface area contributed by atoms with Gasteiger partial charge in [-0.2, -0.15) is 0 Å². The van der Waals surface area contributed by atoms with Crippen LogP contribution in [0.4, 0.5) is 10.1 Å². The summed E-state index contributed by atoms with van der Waals surface area (Å²) in [5.74, 6) is 0.0812. The van der Waals surface area contributed by atoms with Crippen LogP contribution in [0.25, 0.3) is 17.3 Å². The van der Waals surface area contributed by atoms with Gasteiger partial charge in [0.1, 0.15) is 17.3 Å². The second-order valence-electron chi connectivity index (χ2n) is 10.0. The third kappa shape index (κ3) is 4.76. The first-order valence-corrected chi connectivity index (χ1v) is 13.2. The smallest absolute Gasteiger partial charge is 0.328 e. The summed E-state index contributed by atoms with van der Waals surface area (Å²) >= 11 is 12.9. The molecule has 3 aliphatic rings. The molecule has 6 rings (SSSR count). The fourth-order valence-electron chi connectivity index (χ4n) is 5.67. The van der Waals surface area contributed by atoms with Gasteiger partial charge in [-0.05, 0) is 61.6 Å². The Morgan fingerprint density at radius 2 is 2.00 bits per heavy atom. The number of aliphatic carboxylic acids is 1. The van der Waals surface area contributed by atoms with E-state index in [1.807, 2.05) is 0 Å². The van der Waals surface area contributed by atoms with Crippen molar-refractivity contribution in [2.24, 2.45) is 5.92 Å². The van der Waals surface area contributed by atoms with Gasteiger partial charge in [0.15, 0.2) is 0 Å². The largest absolute Gasteiger partial charge is 0.478 e. The Hall–Kier alpha value is -2.87. The average molecular weight is 543 g/mol. The Balaban J connectivity index is 1.16. The van der Waals surface area contributed by atoms with Crippen LogP contribution in [0, 0.1) is 11.7 Å². The first-order chi connectivity index (χ1) is 17.9. The lowest BCUT2D eigenvalue weighted by Gasteiger charge is -2.33. The van der Waals surface area contributed by atoms with Crippen LogP contribution in [0.3, 0.4) is 0 Å². The van der Waals surface area contributed by atoms with Gasteiger partial charge in [0, 0.05) is 41.6 Å². The molecule has 2 aromatic carbocycles. The number of ether oxygens (including phenoxy) is 1. The Morgan fingerprint density at radius 1 is 1.22 bits per heavy atom. The Labute approximate surface area is 223 Å². The Bertz CT molecular complexity index is 1370. The number of nitrogens with zero attached hydrogens (tertiary/aromatic N) is 2. The average Bonchev–Trinajstić information content (AvgIpc) is 3.32. The number of rotatable bonds is 8. The summed E-state index contributed by atoms with van der Waals surface area (Å²) in [6.45, 7) is 1.07. The van der Waals surface area contributed by atoms with Gasteiger partial charge in [0.05, 0.1) is 28.4 Å². The number of fused-ring (bicyclic) bond motifs is 2. The van der Waals surface area contributed by atoms with Crippen LogP contribution in [-0.2, 0) is 16.1 Å². The number of piperidine rings is 1. The second-order valence-corrected chi connectivity index (χ2v) is 10.8. The van der Waals surface area contributed by atoms with Crippen molar-refractivity contribution >= 4 is 40.9 Å². The molecule has 2 bridgehead atoms. The Morgan fingerprint density at radius 3 is 2.65 bits per heavy atom. The maximum atomic E-state index is 14.9. The van der Waals surface area contributed by atoms with Crippen LogP contribution in [0.15, 0.2) is 47.0 Å². The maximum Gasteiger partial charge on any atom is 0.328 e. The van der Waals surface area contributed by atoms with Crippen molar-refractivity contribution in [2.45, 2.75) is 50.4 Å². The quantitative estimate of drug-likeness (QED) is 0.310. The van der Waals surface area contributed by atoms with E-state index in [-0.39, 0.29) is 23.9 Å². The van der Waals surface area contributed by atoms with E-state index in [0.29, 0.717) is 51.6 Å². The predicted octanol–water partition coefficient (Wildman–Crippen LogP) is 6.95. The highest BCUT2D eigenvalue weighted by Gasteiger charge is 2.46. The molecular formula is C28H25Cl2FN2O4. The molecule has 0 spiro atoms. The number of carboxylic acids is 1. The van der Waals surface area contributed by atoms with E-state index in [9.17, 15) is 9.18 Å². The van der Waals surface area contributed by atoms with Crippen LogP contribution < -0.4 is 4.90 Å². The molecule has 1 aromatic heterocycles. The van der Waals surface area contributed by atoms with E-state index in [2.05, 4.69) is 10.1 Å². The lowest BCUT2D eigenvalue weighted by atomic mass is 10.0. The van der Waals surface area contributed by atoms with E-state index in [1.54, 1.807) is 30.3 Å². The molecule has 2 heterocycles. The second kappa shape index (κ2) is 9.78. The van der Waals surface area contributed by atoms with Crippen molar-refractivity contribution in [3.8, 4) is 11.3 Å². The summed E-state index contributed by atoms with van der Waals surface area (Å²) in [6, 6.07) is 10.4. The molecule has 0 unspecified atom stereocenters. The molecule has 6 nitrogen and oxygen atoms in total. The number of carbonyl (C=O) groups is 1. The molecule has 1 N–H and O–H groups in total. The van der Waals surface area contributed by atoms with Crippen molar-refractivity contribution in [1.82, 2.24) is 5.16 Å². The Kier molecular flexibility index (Phi) is 6.47. The van der Waals surface area contributed by atoms with E-state index in [1.165, 1.54) is 12.1 Å². The number of aromatic nitrogens is 1. The molecule has 0 radical (unpaired) electrons. The maximum absolute atomic E-state index is 14.9. The zero-order valence-corrected chi connectivity index (χ0v) is 21.4. The summed E-state index contributed by atoms with van der Waals surface area (Å²) in [5.41, 5.74) is 3.28. The summed E-state index contributed by atoms with van der Waals surface area (Å²) in [7, 11) is 0. The fourth-order valence-corrected chi connectivity index (χ4v) is 6.25. The van der Waals surface area contributed by atoms with Crippen molar-refractivity contribution in [3.63, 3.8) is 0 Å². The van der Waals surface area contributed by atoms with E-state index in [0.717, 1.165) is 43.1 Å². The van der Waals surface area contributed by atoms with Gasteiger partial charge in [0.25, 0.3) is 0 Å². The van der Waals surface area contributed by atoms with Gasteiger partial charge in [-0.1, -0.05) is 40.5 Å². The molecule has 37 heavy (non-hydrogen) atoms. The minimum Gasteiger partial charge on any atom is -0.478 e. The topological polar surface area (TPSA) is 75.8 Å². The molecule has 3 atom stereocenters. The van der Waals surface area contributed by atoms with Gasteiger partial charge < -0.3 is 19.3 Å². The number of benzene rings is 2. The summed E-state index contributed by atoms with van der Waals surface area (Å²) in [6.07, 6.45) is 6.32. The molecule has 3 fully saturated rings. The SMILES string of the molecule is O=C(O)/C=C/c1ccc(N2C[C@@H]3C[C@H]2C[C@H]3OCc2c(-c3c(Cl)cccc3Cl)noc2C2CC2)c(F)c1. The van der Waals surface area contributed by atoms with Crippen LogP contribution >= 0.6 is 23.2 Å². The molecule has 2 saturated carbocycles. The summed E-state index contributed by atoms with van der Waals surface area (Å²) in [4.78, 5) is 12.8. The van der Waals surface area contributed by atoms with Crippen LogP contribution in [0.1, 0.15) is 48.5 Å². The van der Waals surface area contributed by atoms with Crippen LogP contribution in [-0.4, -0.2) is 34.9 Å². The molecule has 2 aliphatic carbocycles. The molecule has 1 aliphatic heterocycles. The van der Waals surface area contributed by atoms with E-state index < -0.39 is 5.97 Å². The number of hydrogen-bond donors (Lipinski definition) is 1. The van der Waals surface area contributed by atoms with Gasteiger partial charge in [-0.15, -0.1) is 0 Å². The van der Waals surface area contributed by atoms with Crippen molar-refractivity contribution in [2.75, 3.05) is 11.4 Å². The standard InChI is InChI=1S/C28H25Cl2FN2O4/c29-20-2-1-3-21(30)26(20)27-19(28(37-32-27)16-6-7-16)14-36-24-12-18-11-17(24)13-33(18)23-8-4-15(10-22(23)31)5-9-25(34)35/h1-5,8-10,16-18,24H,6-7,11-14H2,(H,34,35)/b9-5+/t17-,18-,24+/m0/s1. The lowest BCUT2D eigenvalue weighted by molar-refractivity contribution is -0.131. The third-order valence-corrected chi connectivity index (χ3v) is 8.21. The minimum absolute atomic E-state index is 0.0543. The number of hydrogen-bond acceptors (Lipinski definition) is 5. The molecule has 192 valence electrons. The highest BCUT2D eigenvalue weighted by molar-refractivity contribution is 6.39. The molecule has 1 saturated heterocycles. The van der Waals surface area contributed by atoms with Crippen molar-refractivity contribution in [3.05, 3.63) is 75.2 Å². The fraction of sp³-hybridized carbons (Fsp3) is 0.357. The monoisotopic (exact) mass is 542 g/mol. The first-order valence-electron chi connectivity index (χ1n) is 12.4. The first kappa shape index (κ1) is 24.5. The molecule has 9 heteroatoms.